The van der Waals surface area contributed by atoms with E-state index in [0.717, 1.165) is 11.3 Å². The van der Waals surface area contributed by atoms with Gasteiger partial charge in [0.2, 0.25) is 0 Å². The molecule has 0 unspecified atom stereocenters. The molecule has 6 heteroatoms. The number of aromatic nitrogens is 5. The Balaban J connectivity index is 2.37. The smallest absolute Gasteiger partial charge is 0.283 e. The predicted octanol–water partition coefficient (Wildman–Crippen LogP) is 0.742. The lowest BCUT2D eigenvalue weighted by atomic mass is 10.2. The van der Waals surface area contributed by atoms with Crippen LogP contribution in [0.15, 0.2) is 29.3 Å². The maximum Gasteiger partial charge on any atom is 0.283 e. The fourth-order valence-corrected chi connectivity index (χ4v) is 2.05. The van der Waals surface area contributed by atoms with Crippen LogP contribution in [0.5, 0.6) is 0 Å². The van der Waals surface area contributed by atoms with E-state index >= 15 is 0 Å². The Morgan fingerprint density at radius 2 is 2.00 bits per heavy atom. The fraction of sp³-hybridized carbons (Fsp3) is 0.250. The normalized spacial score (nSPS) is 11.3. The lowest BCUT2D eigenvalue weighted by molar-refractivity contribution is 0.766. The number of hydrogen-bond donors (Lipinski definition) is 0. The highest BCUT2D eigenvalue weighted by atomic mass is 16.1. The molecule has 3 rings (SSSR count). The van der Waals surface area contributed by atoms with Gasteiger partial charge < -0.3 is 4.57 Å². The maximum absolute atomic E-state index is 12.3. The molecular formula is C12H13N5O. The Hall–Kier alpha value is -2.37. The molecule has 0 spiro atoms. The zero-order valence-corrected chi connectivity index (χ0v) is 10.5. The minimum Gasteiger partial charge on any atom is -0.335 e. The number of fused-ring (bicyclic) bond motifs is 1. The number of nitrogens with zero attached hydrogens (tertiary/aromatic N) is 5. The van der Waals surface area contributed by atoms with Crippen LogP contribution in [0.2, 0.25) is 0 Å². The third kappa shape index (κ3) is 1.46. The highest BCUT2D eigenvalue weighted by Crippen LogP contribution is 2.13. The molecule has 0 fully saturated rings. The first-order valence-corrected chi connectivity index (χ1v) is 5.62. The summed E-state index contributed by atoms with van der Waals surface area (Å²) in [5.74, 6) is 0. The van der Waals surface area contributed by atoms with Gasteiger partial charge in [-0.1, -0.05) is 0 Å². The zero-order valence-electron chi connectivity index (χ0n) is 10.5. The van der Waals surface area contributed by atoms with Crippen LogP contribution >= 0.6 is 0 Å². The van der Waals surface area contributed by atoms with Crippen LogP contribution in [-0.4, -0.2) is 24.0 Å². The zero-order chi connectivity index (χ0) is 12.9. The lowest BCUT2D eigenvalue weighted by Gasteiger charge is -2.04. The largest absolute Gasteiger partial charge is 0.335 e. The highest BCUT2D eigenvalue weighted by molar-refractivity contribution is 5.58. The van der Waals surface area contributed by atoms with Crippen LogP contribution < -0.4 is 5.56 Å². The van der Waals surface area contributed by atoms with E-state index in [9.17, 15) is 4.79 Å². The molecular weight excluding hydrogens is 230 g/mol. The summed E-state index contributed by atoms with van der Waals surface area (Å²) >= 11 is 0. The van der Waals surface area contributed by atoms with Gasteiger partial charge in [0, 0.05) is 32.6 Å². The molecule has 0 aliphatic heterocycles. The van der Waals surface area contributed by atoms with E-state index in [1.54, 1.807) is 10.9 Å². The van der Waals surface area contributed by atoms with Crippen molar-refractivity contribution >= 4 is 5.65 Å². The fourth-order valence-electron chi connectivity index (χ4n) is 2.05. The van der Waals surface area contributed by atoms with Crippen molar-refractivity contribution in [3.8, 4) is 11.3 Å². The maximum atomic E-state index is 12.3. The van der Waals surface area contributed by atoms with Gasteiger partial charge >= 0.3 is 0 Å². The molecule has 6 nitrogen and oxygen atoms in total. The predicted molar refractivity (Wildman–Crippen MR) is 67.4 cm³/mol. The summed E-state index contributed by atoms with van der Waals surface area (Å²) in [4.78, 5) is 12.3. The topological polar surface area (TPSA) is 57.1 Å². The molecule has 0 bridgehead atoms. The number of aryl methyl sites for hydroxylation is 3. The molecule has 0 amide bonds. The van der Waals surface area contributed by atoms with Crippen molar-refractivity contribution in [3.05, 3.63) is 40.6 Å². The van der Waals surface area contributed by atoms with Crippen molar-refractivity contribution < 1.29 is 0 Å². The molecule has 0 N–H and O–H groups in total. The van der Waals surface area contributed by atoms with Gasteiger partial charge in [-0.2, -0.15) is 14.7 Å². The molecule has 0 atom stereocenters. The van der Waals surface area contributed by atoms with Gasteiger partial charge in [-0.05, 0) is 13.0 Å². The van der Waals surface area contributed by atoms with E-state index in [-0.39, 0.29) is 5.56 Å². The second kappa shape index (κ2) is 3.56. The van der Waals surface area contributed by atoms with E-state index in [0.29, 0.717) is 11.3 Å². The lowest BCUT2D eigenvalue weighted by Crippen LogP contribution is -2.19. The Labute approximate surface area is 103 Å². The Kier molecular flexibility index (Phi) is 2.13. The van der Waals surface area contributed by atoms with Crippen molar-refractivity contribution in [1.82, 2.24) is 24.0 Å². The van der Waals surface area contributed by atoms with Gasteiger partial charge in [0.05, 0.1) is 17.0 Å². The van der Waals surface area contributed by atoms with Gasteiger partial charge in [-0.25, -0.2) is 0 Å². The number of rotatable bonds is 1. The molecule has 3 aromatic heterocycles. The molecule has 0 aliphatic rings. The first-order chi connectivity index (χ1) is 8.56. The van der Waals surface area contributed by atoms with Gasteiger partial charge in [0.25, 0.3) is 5.56 Å². The molecule has 92 valence electrons. The third-order valence-electron chi connectivity index (χ3n) is 2.91. The summed E-state index contributed by atoms with van der Waals surface area (Å²) in [6.07, 6.45) is 3.61. The Morgan fingerprint density at radius 1 is 1.22 bits per heavy atom. The van der Waals surface area contributed by atoms with Crippen LogP contribution in [0, 0.1) is 6.92 Å². The molecule has 0 radical (unpaired) electrons. The van der Waals surface area contributed by atoms with Crippen LogP contribution in [0.1, 0.15) is 5.69 Å². The van der Waals surface area contributed by atoms with E-state index in [1.165, 1.54) is 4.52 Å². The summed E-state index contributed by atoms with van der Waals surface area (Å²) in [6.45, 7) is 1.87. The first-order valence-electron chi connectivity index (χ1n) is 5.62. The summed E-state index contributed by atoms with van der Waals surface area (Å²) < 4.78 is 4.97. The Bertz CT molecular complexity index is 793. The molecule has 0 saturated heterocycles. The molecule has 0 aromatic carbocycles. The third-order valence-corrected chi connectivity index (χ3v) is 2.91. The standard InChI is InChI=1S/C12H13N5O/c1-8-6-11-15(2)7-9(12(18)17(11)13-8)10-4-5-16(3)14-10/h4-7H,1-3H3. The average Bonchev–Trinajstić information content (AvgIpc) is 2.90. The summed E-state index contributed by atoms with van der Waals surface area (Å²) in [7, 11) is 3.72. The van der Waals surface area contributed by atoms with Gasteiger partial charge in [0.1, 0.15) is 5.65 Å². The van der Waals surface area contributed by atoms with Crippen LogP contribution in [0.3, 0.4) is 0 Å². The quantitative estimate of drug-likeness (QED) is 0.633. The minimum atomic E-state index is -0.144. The van der Waals surface area contributed by atoms with Gasteiger partial charge in [-0.15, -0.1) is 0 Å². The molecule has 18 heavy (non-hydrogen) atoms. The van der Waals surface area contributed by atoms with Crippen molar-refractivity contribution in [2.75, 3.05) is 0 Å². The highest BCUT2D eigenvalue weighted by Gasteiger charge is 2.12. The molecule has 3 heterocycles. The summed E-state index contributed by atoms with van der Waals surface area (Å²) in [6, 6.07) is 3.70. The van der Waals surface area contributed by atoms with Crippen LogP contribution in [0.4, 0.5) is 0 Å². The van der Waals surface area contributed by atoms with Gasteiger partial charge in [0.15, 0.2) is 0 Å². The second-order valence-corrected chi connectivity index (χ2v) is 4.39. The SMILES string of the molecule is Cc1cc2n(C)cc(-c3ccn(C)n3)c(=O)n2n1. The van der Waals surface area contributed by atoms with Crippen molar-refractivity contribution in [3.63, 3.8) is 0 Å². The average molecular weight is 243 g/mol. The van der Waals surface area contributed by atoms with E-state index in [1.807, 2.05) is 43.9 Å². The van der Waals surface area contributed by atoms with Crippen LogP contribution in [-0.2, 0) is 14.1 Å². The minimum absolute atomic E-state index is 0.144. The molecule has 0 aliphatic carbocycles. The van der Waals surface area contributed by atoms with Crippen molar-refractivity contribution in [2.45, 2.75) is 6.92 Å². The summed E-state index contributed by atoms with van der Waals surface area (Å²) in [5, 5.41) is 8.47. The first kappa shape index (κ1) is 10.8. The van der Waals surface area contributed by atoms with E-state index in [4.69, 9.17) is 0 Å². The summed E-state index contributed by atoms with van der Waals surface area (Å²) in [5.41, 5.74) is 2.66. The van der Waals surface area contributed by atoms with E-state index in [2.05, 4.69) is 10.2 Å². The Morgan fingerprint density at radius 3 is 2.67 bits per heavy atom. The van der Waals surface area contributed by atoms with Gasteiger partial charge in [-0.3, -0.25) is 9.48 Å². The van der Waals surface area contributed by atoms with Crippen LogP contribution in [0.25, 0.3) is 16.9 Å². The molecule has 0 saturated carbocycles. The monoisotopic (exact) mass is 243 g/mol. The second-order valence-electron chi connectivity index (χ2n) is 4.39. The number of hydrogen-bond acceptors (Lipinski definition) is 3. The van der Waals surface area contributed by atoms with Crippen molar-refractivity contribution in [2.24, 2.45) is 14.1 Å². The molecule has 3 aromatic rings. The van der Waals surface area contributed by atoms with E-state index < -0.39 is 0 Å². The van der Waals surface area contributed by atoms with Crippen molar-refractivity contribution in [1.29, 1.82) is 0 Å².